The molecule has 1 fully saturated rings. The molecule has 0 amide bonds. The van der Waals surface area contributed by atoms with Crippen molar-refractivity contribution in [3.8, 4) is 11.4 Å². The lowest BCUT2D eigenvalue weighted by Gasteiger charge is -2.19. The Labute approximate surface area is 115 Å². The Morgan fingerprint density at radius 2 is 2.10 bits per heavy atom. The van der Waals surface area contributed by atoms with Gasteiger partial charge in [0.15, 0.2) is 0 Å². The summed E-state index contributed by atoms with van der Waals surface area (Å²) in [6.07, 6.45) is 2.25. The van der Waals surface area contributed by atoms with Crippen molar-refractivity contribution in [2.75, 3.05) is 18.0 Å². The summed E-state index contributed by atoms with van der Waals surface area (Å²) in [6, 6.07) is 4.80. The second kappa shape index (κ2) is 4.92. The van der Waals surface area contributed by atoms with Crippen molar-refractivity contribution in [2.24, 2.45) is 0 Å². The molecule has 0 aliphatic carbocycles. The lowest BCUT2D eigenvalue weighted by molar-refractivity contribution is -0.384. The zero-order chi connectivity index (χ0) is 14.1. The maximum atomic E-state index is 10.9. The Kier molecular flexibility index (Phi) is 3.09. The molecule has 104 valence electrons. The molecule has 0 N–H and O–H groups in total. The van der Waals surface area contributed by atoms with Crippen molar-refractivity contribution < 1.29 is 9.45 Å². The predicted octanol–water partition coefficient (Wildman–Crippen LogP) is 2.55. The maximum absolute atomic E-state index is 10.9. The van der Waals surface area contributed by atoms with E-state index in [9.17, 15) is 10.1 Å². The van der Waals surface area contributed by atoms with Crippen LogP contribution in [0.5, 0.6) is 0 Å². The average molecular weight is 274 g/mol. The molecule has 1 aliphatic heterocycles. The molecule has 20 heavy (non-hydrogen) atoms. The number of anilines is 1. The van der Waals surface area contributed by atoms with Gasteiger partial charge in [0.1, 0.15) is 0 Å². The lowest BCUT2D eigenvalue weighted by Crippen LogP contribution is -2.18. The van der Waals surface area contributed by atoms with Gasteiger partial charge in [-0.2, -0.15) is 4.98 Å². The number of hydrogen-bond donors (Lipinski definition) is 0. The van der Waals surface area contributed by atoms with Gasteiger partial charge in [-0.15, -0.1) is 0 Å². The first-order valence-electron chi connectivity index (χ1n) is 6.49. The summed E-state index contributed by atoms with van der Waals surface area (Å²) in [6.45, 7) is 3.59. The highest BCUT2D eigenvalue weighted by molar-refractivity contribution is 5.77. The Morgan fingerprint density at radius 1 is 1.35 bits per heavy atom. The lowest BCUT2D eigenvalue weighted by atomic mass is 10.1. The molecule has 0 unspecified atom stereocenters. The van der Waals surface area contributed by atoms with Gasteiger partial charge in [-0.3, -0.25) is 10.1 Å². The second-order valence-corrected chi connectivity index (χ2v) is 4.79. The number of benzene rings is 1. The standard InChI is InChI=1S/C13H14N4O3/c1-9-14-13(15-20-9)11-8-10(17(18)19)4-5-12(11)16-6-2-3-7-16/h4-5,8H,2-3,6-7H2,1H3. The monoisotopic (exact) mass is 274 g/mol. The summed E-state index contributed by atoms with van der Waals surface area (Å²) in [5.74, 6) is 0.840. The number of rotatable bonds is 3. The number of aromatic nitrogens is 2. The first-order valence-corrected chi connectivity index (χ1v) is 6.49. The van der Waals surface area contributed by atoms with Gasteiger partial charge in [0, 0.05) is 37.8 Å². The molecule has 1 aromatic carbocycles. The van der Waals surface area contributed by atoms with E-state index in [1.165, 1.54) is 12.1 Å². The molecule has 0 atom stereocenters. The number of nitro benzene ring substituents is 1. The molecular weight excluding hydrogens is 260 g/mol. The van der Waals surface area contributed by atoms with Crippen LogP contribution in [0.1, 0.15) is 18.7 Å². The molecule has 3 rings (SSSR count). The number of hydrogen-bond acceptors (Lipinski definition) is 6. The molecule has 0 bridgehead atoms. The van der Waals surface area contributed by atoms with E-state index in [0.717, 1.165) is 31.6 Å². The quantitative estimate of drug-likeness (QED) is 0.631. The van der Waals surface area contributed by atoms with Gasteiger partial charge in [-0.25, -0.2) is 0 Å². The highest BCUT2D eigenvalue weighted by Crippen LogP contribution is 2.34. The van der Waals surface area contributed by atoms with E-state index >= 15 is 0 Å². The first-order chi connectivity index (χ1) is 9.65. The number of non-ortho nitro benzene ring substituents is 1. The van der Waals surface area contributed by atoms with Gasteiger partial charge < -0.3 is 9.42 Å². The van der Waals surface area contributed by atoms with Crippen molar-refractivity contribution in [3.05, 3.63) is 34.2 Å². The van der Waals surface area contributed by atoms with Crippen LogP contribution >= 0.6 is 0 Å². The smallest absolute Gasteiger partial charge is 0.270 e. The van der Waals surface area contributed by atoms with Crippen molar-refractivity contribution in [1.82, 2.24) is 10.1 Å². The van der Waals surface area contributed by atoms with Gasteiger partial charge >= 0.3 is 0 Å². The number of aryl methyl sites for hydroxylation is 1. The summed E-state index contributed by atoms with van der Waals surface area (Å²) < 4.78 is 4.99. The van der Waals surface area contributed by atoms with Crippen LogP contribution in [0, 0.1) is 17.0 Å². The number of nitro groups is 1. The van der Waals surface area contributed by atoms with Crippen LogP contribution in [0.4, 0.5) is 11.4 Å². The van der Waals surface area contributed by atoms with Crippen LogP contribution in [0.25, 0.3) is 11.4 Å². The van der Waals surface area contributed by atoms with Gasteiger partial charge in [0.05, 0.1) is 10.5 Å². The Hall–Kier alpha value is -2.44. The van der Waals surface area contributed by atoms with Crippen LogP contribution in [0.3, 0.4) is 0 Å². The van der Waals surface area contributed by atoms with Crippen LogP contribution in [-0.4, -0.2) is 28.2 Å². The van der Waals surface area contributed by atoms with E-state index in [1.807, 2.05) is 0 Å². The largest absolute Gasteiger partial charge is 0.371 e. The fourth-order valence-electron chi connectivity index (χ4n) is 2.46. The first kappa shape index (κ1) is 12.6. The Bertz CT molecular complexity index is 647. The van der Waals surface area contributed by atoms with E-state index in [-0.39, 0.29) is 5.69 Å². The summed E-state index contributed by atoms with van der Waals surface area (Å²) in [4.78, 5) is 16.9. The van der Waals surface area contributed by atoms with E-state index < -0.39 is 4.92 Å². The molecular formula is C13H14N4O3. The molecule has 0 spiro atoms. The van der Waals surface area contributed by atoms with Crippen molar-refractivity contribution >= 4 is 11.4 Å². The molecule has 1 saturated heterocycles. The molecule has 1 aromatic heterocycles. The predicted molar refractivity (Wildman–Crippen MR) is 72.6 cm³/mol. The van der Waals surface area contributed by atoms with E-state index in [4.69, 9.17) is 4.52 Å². The average Bonchev–Trinajstić information content (AvgIpc) is 3.09. The van der Waals surface area contributed by atoms with Crippen molar-refractivity contribution in [3.63, 3.8) is 0 Å². The Balaban J connectivity index is 2.11. The zero-order valence-corrected chi connectivity index (χ0v) is 11.1. The van der Waals surface area contributed by atoms with Gasteiger partial charge in [0.25, 0.3) is 5.69 Å². The molecule has 7 nitrogen and oxygen atoms in total. The van der Waals surface area contributed by atoms with Crippen LogP contribution < -0.4 is 4.90 Å². The minimum Gasteiger partial charge on any atom is -0.371 e. The van der Waals surface area contributed by atoms with Crippen molar-refractivity contribution in [2.45, 2.75) is 19.8 Å². The minimum absolute atomic E-state index is 0.0328. The van der Waals surface area contributed by atoms with Gasteiger partial charge in [-0.05, 0) is 18.9 Å². The highest BCUT2D eigenvalue weighted by Gasteiger charge is 2.21. The summed E-state index contributed by atoms with van der Waals surface area (Å²) >= 11 is 0. The summed E-state index contributed by atoms with van der Waals surface area (Å²) in [7, 11) is 0. The van der Waals surface area contributed by atoms with Gasteiger partial charge in [0.2, 0.25) is 11.7 Å². The molecule has 0 radical (unpaired) electrons. The summed E-state index contributed by atoms with van der Waals surface area (Å²) in [5.41, 5.74) is 1.61. The molecule has 2 aromatic rings. The third kappa shape index (κ3) is 2.22. The van der Waals surface area contributed by atoms with Gasteiger partial charge in [-0.1, -0.05) is 5.16 Å². The van der Waals surface area contributed by atoms with E-state index in [1.54, 1.807) is 13.0 Å². The Morgan fingerprint density at radius 3 is 2.70 bits per heavy atom. The SMILES string of the molecule is Cc1nc(-c2cc([N+](=O)[O-])ccc2N2CCCC2)no1. The zero-order valence-electron chi connectivity index (χ0n) is 11.1. The summed E-state index contributed by atoms with van der Waals surface area (Å²) in [5, 5.41) is 14.8. The molecule has 0 saturated carbocycles. The maximum Gasteiger partial charge on any atom is 0.270 e. The van der Waals surface area contributed by atoms with Crippen LogP contribution in [0.15, 0.2) is 22.7 Å². The van der Waals surface area contributed by atoms with E-state index in [2.05, 4.69) is 15.0 Å². The molecule has 2 heterocycles. The minimum atomic E-state index is -0.412. The fraction of sp³-hybridized carbons (Fsp3) is 0.385. The van der Waals surface area contributed by atoms with Crippen molar-refractivity contribution in [1.29, 1.82) is 0 Å². The number of nitrogens with zero attached hydrogens (tertiary/aromatic N) is 4. The van der Waals surface area contributed by atoms with Crippen LogP contribution in [0.2, 0.25) is 0 Å². The third-order valence-corrected chi connectivity index (χ3v) is 3.41. The van der Waals surface area contributed by atoms with E-state index in [0.29, 0.717) is 17.3 Å². The highest BCUT2D eigenvalue weighted by atomic mass is 16.6. The fourth-order valence-corrected chi connectivity index (χ4v) is 2.46. The third-order valence-electron chi connectivity index (χ3n) is 3.41. The second-order valence-electron chi connectivity index (χ2n) is 4.79. The topological polar surface area (TPSA) is 85.3 Å². The van der Waals surface area contributed by atoms with Crippen LogP contribution in [-0.2, 0) is 0 Å². The molecule has 7 heteroatoms. The normalized spacial score (nSPS) is 14.8. The molecule has 1 aliphatic rings.